The molecule has 0 saturated heterocycles. The summed E-state index contributed by atoms with van der Waals surface area (Å²) in [7, 11) is 1.91. The molecule has 1 aromatic carbocycles. The summed E-state index contributed by atoms with van der Waals surface area (Å²) in [5, 5.41) is 13.8. The number of rotatable bonds is 1. The summed E-state index contributed by atoms with van der Waals surface area (Å²) in [4.78, 5) is 2.23. The summed E-state index contributed by atoms with van der Waals surface area (Å²) in [6.45, 7) is 4.94. The highest BCUT2D eigenvalue weighted by Gasteiger charge is 2.24. The van der Waals surface area contributed by atoms with Crippen LogP contribution in [0.15, 0.2) is 18.2 Å². The molecule has 0 atom stereocenters. The maximum atomic E-state index is 9.41. The van der Waals surface area contributed by atoms with Gasteiger partial charge in [0.25, 0.3) is 0 Å². The Balaban J connectivity index is 2.17. The quantitative estimate of drug-likeness (QED) is 0.797. The van der Waals surface area contributed by atoms with Crippen LogP contribution < -0.4 is 4.90 Å². The summed E-state index contributed by atoms with van der Waals surface area (Å²) in [5.74, 6) is 0.912. The Morgan fingerprint density at radius 2 is 2.10 bits per heavy atom. The molecule has 102 valence electrons. The third-order valence-electron chi connectivity index (χ3n) is 3.91. The number of aryl methyl sites for hydroxylation is 4. The number of hydrogen-bond donors (Lipinski definition) is 0. The van der Waals surface area contributed by atoms with Crippen molar-refractivity contribution in [2.45, 2.75) is 26.7 Å². The summed E-state index contributed by atoms with van der Waals surface area (Å²) in [6.07, 6.45) is 2.21. The van der Waals surface area contributed by atoms with E-state index in [0.29, 0.717) is 5.56 Å². The van der Waals surface area contributed by atoms with E-state index in [4.69, 9.17) is 0 Å². The Kier molecular flexibility index (Phi) is 2.98. The zero-order chi connectivity index (χ0) is 14.3. The molecule has 0 unspecified atom stereocenters. The van der Waals surface area contributed by atoms with Crippen LogP contribution in [0.25, 0.3) is 0 Å². The standard InChI is InChI=1S/C16H18N4/c1-11-6-7-15-13(9-11)5-4-8-20(15)16-14(10-17)12(2)18-19(16)3/h6-7,9H,4-5,8H2,1-3H3. The average Bonchev–Trinajstić information content (AvgIpc) is 2.71. The zero-order valence-corrected chi connectivity index (χ0v) is 12.1. The fourth-order valence-electron chi connectivity index (χ4n) is 3.03. The molecular weight excluding hydrogens is 248 g/mol. The van der Waals surface area contributed by atoms with Gasteiger partial charge in [0.2, 0.25) is 0 Å². The fourth-order valence-corrected chi connectivity index (χ4v) is 3.03. The van der Waals surface area contributed by atoms with Crippen LogP contribution in [0, 0.1) is 25.2 Å². The maximum Gasteiger partial charge on any atom is 0.149 e. The highest BCUT2D eigenvalue weighted by molar-refractivity contribution is 5.71. The Bertz CT molecular complexity index is 706. The minimum Gasteiger partial charge on any atom is -0.325 e. The molecule has 0 amide bonds. The number of fused-ring (bicyclic) bond motifs is 1. The van der Waals surface area contributed by atoms with E-state index in [2.05, 4.69) is 41.2 Å². The Morgan fingerprint density at radius 3 is 2.85 bits per heavy atom. The van der Waals surface area contributed by atoms with Crippen LogP contribution in [0.4, 0.5) is 11.5 Å². The molecule has 1 aliphatic heterocycles. The molecule has 20 heavy (non-hydrogen) atoms. The lowest BCUT2D eigenvalue weighted by atomic mass is 9.99. The third-order valence-corrected chi connectivity index (χ3v) is 3.91. The van der Waals surface area contributed by atoms with Gasteiger partial charge in [-0.25, -0.2) is 0 Å². The van der Waals surface area contributed by atoms with E-state index in [0.717, 1.165) is 30.9 Å². The van der Waals surface area contributed by atoms with Crippen molar-refractivity contribution in [2.75, 3.05) is 11.4 Å². The third kappa shape index (κ3) is 1.87. The number of nitrogens with zero attached hydrogens (tertiary/aromatic N) is 4. The fraction of sp³-hybridized carbons (Fsp3) is 0.375. The molecule has 0 spiro atoms. The van der Waals surface area contributed by atoms with E-state index in [1.54, 1.807) is 0 Å². The second kappa shape index (κ2) is 4.68. The number of benzene rings is 1. The minimum absolute atomic E-state index is 0.681. The summed E-state index contributed by atoms with van der Waals surface area (Å²) < 4.78 is 1.82. The van der Waals surface area contributed by atoms with Crippen molar-refractivity contribution in [2.24, 2.45) is 7.05 Å². The van der Waals surface area contributed by atoms with Gasteiger partial charge in [0, 0.05) is 19.3 Å². The molecule has 1 aliphatic rings. The van der Waals surface area contributed by atoms with Crippen LogP contribution in [0.3, 0.4) is 0 Å². The minimum atomic E-state index is 0.681. The van der Waals surface area contributed by atoms with Gasteiger partial charge in [-0.1, -0.05) is 17.7 Å². The van der Waals surface area contributed by atoms with Crippen LogP contribution in [0.1, 0.15) is 28.8 Å². The lowest BCUT2D eigenvalue weighted by Crippen LogP contribution is -2.27. The van der Waals surface area contributed by atoms with Crippen molar-refractivity contribution in [3.05, 3.63) is 40.6 Å². The normalized spacial score (nSPS) is 14.0. The lowest BCUT2D eigenvalue weighted by Gasteiger charge is -2.31. The SMILES string of the molecule is Cc1ccc2c(c1)CCCN2c1c(C#N)c(C)nn1C. The summed E-state index contributed by atoms with van der Waals surface area (Å²) in [5.41, 5.74) is 5.33. The molecule has 0 radical (unpaired) electrons. The van der Waals surface area contributed by atoms with Gasteiger partial charge in [-0.3, -0.25) is 4.68 Å². The first-order valence-corrected chi connectivity index (χ1v) is 6.92. The summed E-state index contributed by atoms with van der Waals surface area (Å²) in [6, 6.07) is 8.84. The highest BCUT2D eigenvalue weighted by Crippen LogP contribution is 2.36. The second-order valence-electron chi connectivity index (χ2n) is 5.41. The molecular formula is C16H18N4. The van der Waals surface area contributed by atoms with Gasteiger partial charge < -0.3 is 4.90 Å². The Morgan fingerprint density at radius 1 is 1.30 bits per heavy atom. The number of aromatic nitrogens is 2. The predicted molar refractivity (Wildman–Crippen MR) is 79.2 cm³/mol. The molecule has 0 fully saturated rings. The van der Waals surface area contributed by atoms with E-state index in [-0.39, 0.29) is 0 Å². The van der Waals surface area contributed by atoms with E-state index in [1.807, 2.05) is 18.7 Å². The zero-order valence-electron chi connectivity index (χ0n) is 12.1. The topological polar surface area (TPSA) is 44.9 Å². The first-order valence-electron chi connectivity index (χ1n) is 6.92. The second-order valence-corrected chi connectivity index (χ2v) is 5.41. The van der Waals surface area contributed by atoms with Gasteiger partial charge in [0.05, 0.1) is 5.69 Å². The van der Waals surface area contributed by atoms with Crippen LogP contribution in [-0.2, 0) is 13.5 Å². The monoisotopic (exact) mass is 266 g/mol. The Hall–Kier alpha value is -2.28. The number of hydrogen-bond acceptors (Lipinski definition) is 3. The van der Waals surface area contributed by atoms with Crippen LogP contribution in [0.5, 0.6) is 0 Å². The number of nitriles is 1. The van der Waals surface area contributed by atoms with Gasteiger partial charge >= 0.3 is 0 Å². The van der Waals surface area contributed by atoms with Crippen molar-refractivity contribution < 1.29 is 0 Å². The molecule has 0 aliphatic carbocycles. The molecule has 0 saturated carbocycles. The highest BCUT2D eigenvalue weighted by atomic mass is 15.4. The Labute approximate surface area is 119 Å². The molecule has 1 aromatic heterocycles. The molecule has 4 nitrogen and oxygen atoms in total. The van der Waals surface area contributed by atoms with Crippen molar-refractivity contribution >= 4 is 11.5 Å². The molecule has 0 N–H and O–H groups in total. The summed E-state index contributed by atoms with van der Waals surface area (Å²) >= 11 is 0. The number of anilines is 2. The van der Waals surface area contributed by atoms with Crippen molar-refractivity contribution in [3.8, 4) is 6.07 Å². The molecule has 0 bridgehead atoms. The van der Waals surface area contributed by atoms with E-state index in [1.165, 1.54) is 16.8 Å². The lowest BCUT2D eigenvalue weighted by molar-refractivity contribution is 0.703. The van der Waals surface area contributed by atoms with Crippen LogP contribution in [0.2, 0.25) is 0 Å². The largest absolute Gasteiger partial charge is 0.325 e. The first kappa shape index (κ1) is 12.7. The molecule has 3 rings (SSSR count). The molecule has 2 aromatic rings. The van der Waals surface area contributed by atoms with Crippen LogP contribution in [-0.4, -0.2) is 16.3 Å². The molecule has 2 heterocycles. The van der Waals surface area contributed by atoms with Gasteiger partial charge in [-0.05, 0) is 38.3 Å². The molecule has 4 heteroatoms. The van der Waals surface area contributed by atoms with Gasteiger partial charge in [0.15, 0.2) is 0 Å². The van der Waals surface area contributed by atoms with Gasteiger partial charge in [-0.15, -0.1) is 0 Å². The average molecular weight is 266 g/mol. The van der Waals surface area contributed by atoms with Crippen molar-refractivity contribution in [3.63, 3.8) is 0 Å². The van der Waals surface area contributed by atoms with Crippen molar-refractivity contribution in [1.29, 1.82) is 5.26 Å². The van der Waals surface area contributed by atoms with Crippen LogP contribution >= 0.6 is 0 Å². The van der Waals surface area contributed by atoms with E-state index >= 15 is 0 Å². The smallest absolute Gasteiger partial charge is 0.149 e. The van der Waals surface area contributed by atoms with Gasteiger partial charge in [0.1, 0.15) is 17.5 Å². The maximum absolute atomic E-state index is 9.41. The van der Waals surface area contributed by atoms with Crippen molar-refractivity contribution in [1.82, 2.24) is 9.78 Å². The van der Waals surface area contributed by atoms with E-state index < -0.39 is 0 Å². The van der Waals surface area contributed by atoms with Gasteiger partial charge in [-0.2, -0.15) is 10.4 Å². The first-order chi connectivity index (χ1) is 9.61. The predicted octanol–water partition coefficient (Wildman–Crippen LogP) is 2.99. The van der Waals surface area contributed by atoms with E-state index in [9.17, 15) is 5.26 Å².